The third-order valence-corrected chi connectivity index (χ3v) is 6.42. The van der Waals surface area contributed by atoms with Gasteiger partial charge in [-0.05, 0) is 31.0 Å². The number of hydrogen-bond acceptors (Lipinski definition) is 10. The number of rotatable bonds is 10. The van der Waals surface area contributed by atoms with Crippen molar-refractivity contribution in [2.75, 3.05) is 59.8 Å². The third-order valence-electron chi connectivity index (χ3n) is 6.42. The fourth-order valence-electron chi connectivity index (χ4n) is 4.36. The van der Waals surface area contributed by atoms with Crippen LogP contribution in [0.2, 0.25) is 0 Å². The van der Waals surface area contributed by atoms with Crippen molar-refractivity contribution in [1.29, 1.82) is 16.1 Å². The molecule has 1 saturated heterocycles. The molecular weight excluding hydrogens is 458 g/mol. The molecule has 3 aromatic rings. The Bertz CT molecular complexity index is 1290. The number of aliphatic hydroxyl groups is 1. The van der Waals surface area contributed by atoms with Gasteiger partial charge in [-0.15, -0.1) is 5.10 Å². The molecule has 12 heteroatoms. The quantitative estimate of drug-likeness (QED) is 0.213. The summed E-state index contributed by atoms with van der Waals surface area (Å²) in [5.41, 5.74) is 4.16. The van der Waals surface area contributed by atoms with Crippen LogP contribution in [0.15, 0.2) is 30.5 Å². The largest absolute Gasteiger partial charge is 0.395 e. The number of nitrogens with one attached hydrogen (secondary N) is 4. The van der Waals surface area contributed by atoms with Gasteiger partial charge in [-0.3, -0.25) is 20.6 Å². The molecule has 5 N–H and O–H groups in total. The Kier molecular flexibility index (Phi) is 6.66. The van der Waals surface area contributed by atoms with E-state index in [1.54, 1.807) is 4.52 Å². The van der Waals surface area contributed by atoms with Gasteiger partial charge in [-0.2, -0.15) is 9.78 Å². The van der Waals surface area contributed by atoms with Crippen LogP contribution in [0.4, 0.5) is 28.6 Å². The molecule has 36 heavy (non-hydrogen) atoms. The Hall–Kier alpha value is -4.21. The summed E-state index contributed by atoms with van der Waals surface area (Å²) in [5, 5.41) is 45.6. The number of nitrogens with zero attached hydrogens (tertiary/aromatic N) is 7. The molecule has 5 rings (SSSR count). The van der Waals surface area contributed by atoms with E-state index < -0.39 is 0 Å². The lowest BCUT2D eigenvalue weighted by Gasteiger charge is -2.36. The van der Waals surface area contributed by atoms with Crippen molar-refractivity contribution in [2.24, 2.45) is 0 Å². The average molecular weight is 488 g/mol. The van der Waals surface area contributed by atoms with Crippen molar-refractivity contribution in [3.05, 3.63) is 36.2 Å². The molecule has 0 spiro atoms. The van der Waals surface area contributed by atoms with Crippen LogP contribution in [0.5, 0.6) is 0 Å². The lowest BCUT2D eigenvalue weighted by molar-refractivity contribution is 0.189. The molecule has 2 aliphatic rings. The van der Waals surface area contributed by atoms with Crippen LogP contribution < -0.4 is 20.4 Å². The number of aromatic nitrogens is 3. The number of fused-ring (bicyclic) bond motifs is 1. The Balaban J connectivity index is 1.48. The molecule has 12 nitrogen and oxygen atoms in total. The second-order valence-corrected chi connectivity index (χ2v) is 8.93. The van der Waals surface area contributed by atoms with Crippen LogP contribution in [-0.4, -0.2) is 82.7 Å². The van der Waals surface area contributed by atoms with Gasteiger partial charge in [0.05, 0.1) is 36.9 Å². The van der Waals surface area contributed by atoms with E-state index >= 15 is 0 Å². The topological polar surface area (TPSA) is 156 Å². The molecule has 2 aromatic heterocycles. The first-order valence-corrected chi connectivity index (χ1v) is 12.0. The van der Waals surface area contributed by atoms with E-state index in [1.165, 1.54) is 11.1 Å². The average Bonchev–Trinajstić information content (AvgIpc) is 3.61. The van der Waals surface area contributed by atoms with E-state index in [9.17, 15) is 10.4 Å². The lowest BCUT2D eigenvalue weighted by atomic mass is 10.2. The van der Waals surface area contributed by atoms with Crippen LogP contribution in [0.3, 0.4) is 0 Å². The first kappa shape index (κ1) is 23.5. The number of β-amino-alcohol motifs (C(OH)–C–C–N with tert-alkyl or cyclic N) is 1. The van der Waals surface area contributed by atoms with Gasteiger partial charge in [0.25, 0.3) is 0 Å². The molecule has 0 atom stereocenters. The van der Waals surface area contributed by atoms with Crippen LogP contribution in [0, 0.1) is 22.1 Å². The predicted octanol–water partition coefficient (Wildman–Crippen LogP) is 2.05. The Morgan fingerprint density at radius 3 is 2.58 bits per heavy atom. The predicted molar refractivity (Wildman–Crippen MR) is 140 cm³/mol. The zero-order valence-electron chi connectivity index (χ0n) is 19.9. The smallest absolute Gasteiger partial charge is 0.178 e. The van der Waals surface area contributed by atoms with Gasteiger partial charge in [0.1, 0.15) is 6.07 Å². The maximum absolute atomic E-state index is 9.51. The first-order chi connectivity index (χ1) is 17.6. The molecule has 1 aromatic carbocycles. The highest BCUT2D eigenvalue weighted by Gasteiger charge is 2.24. The summed E-state index contributed by atoms with van der Waals surface area (Å²) in [6.45, 7) is 4.12. The van der Waals surface area contributed by atoms with Crippen molar-refractivity contribution >= 4 is 46.9 Å². The minimum Gasteiger partial charge on any atom is -0.395 e. The van der Waals surface area contributed by atoms with Crippen molar-refractivity contribution in [3.63, 3.8) is 0 Å². The Labute approximate surface area is 208 Å². The summed E-state index contributed by atoms with van der Waals surface area (Å²) in [6, 6.07) is 10.3. The monoisotopic (exact) mass is 487 g/mol. The number of piperazine rings is 1. The van der Waals surface area contributed by atoms with Gasteiger partial charge >= 0.3 is 0 Å². The highest BCUT2D eigenvalue weighted by Crippen LogP contribution is 2.32. The van der Waals surface area contributed by atoms with Gasteiger partial charge in [-0.1, -0.05) is 0 Å². The third kappa shape index (κ3) is 4.93. The van der Waals surface area contributed by atoms with E-state index in [0.29, 0.717) is 35.4 Å². The van der Waals surface area contributed by atoms with E-state index in [1.807, 2.05) is 24.3 Å². The SMILES string of the molecule is N#Cc1cnc2c(NC3CC3)cc(Nc3cc(N(C=N)C=N)cc(N4CCN(CCO)CC4)c3)nn12. The molecular formula is C24H29N11O. The molecule has 2 fully saturated rings. The zero-order chi connectivity index (χ0) is 25.1. The van der Waals surface area contributed by atoms with Crippen molar-refractivity contribution in [1.82, 2.24) is 19.5 Å². The van der Waals surface area contributed by atoms with Crippen LogP contribution in [-0.2, 0) is 0 Å². The standard InChI is InChI=1S/C24H29N11O/c25-13-21-14-28-24-22(29-17-1-2-17)12-23(31-35(21)24)30-18-9-19(11-20(10-18)34(15-26)16-27)33-5-3-32(4-6-33)7-8-36/h9-12,14-17,26-27,29,36H,1-8H2,(H,30,31). The summed E-state index contributed by atoms with van der Waals surface area (Å²) < 4.78 is 1.54. The highest BCUT2D eigenvalue weighted by molar-refractivity contribution is 5.99. The van der Waals surface area contributed by atoms with Gasteiger partial charge < -0.3 is 20.6 Å². The van der Waals surface area contributed by atoms with Gasteiger partial charge in [0.2, 0.25) is 0 Å². The highest BCUT2D eigenvalue weighted by atomic mass is 16.3. The van der Waals surface area contributed by atoms with E-state index in [4.69, 9.17) is 10.8 Å². The summed E-state index contributed by atoms with van der Waals surface area (Å²) in [6.07, 6.45) is 5.92. The summed E-state index contributed by atoms with van der Waals surface area (Å²) in [7, 11) is 0. The Morgan fingerprint density at radius 1 is 1.14 bits per heavy atom. The van der Waals surface area contributed by atoms with Gasteiger partial charge in [0.15, 0.2) is 17.2 Å². The summed E-state index contributed by atoms with van der Waals surface area (Å²) >= 11 is 0. The molecule has 1 aliphatic carbocycles. The number of hydrogen-bond donors (Lipinski definition) is 5. The van der Waals surface area contributed by atoms with Gasteiger partial charge in [-0.25, -0.2) is 4.98 Å². The summed E-state index contributed by atoms with van der Waals surface area (Å²) in [5.74, 6) is 0.548. The maximum Gasteiger partial charge on any atom is 0.178 e. The molecule has 1 saturated carbocycles. The van der Waals surface area contributed by atoms with Gasteiger partial charge in [0, 0.05) is 56.2 Å². The zero-order valence-corrected chi connectivity index (χ0v) is 19.9. The minimum atomic E-state index is 0.149. The Morgan fingerprint density at radius 2 is 1.92 bits per heavy atom. The van der Waals surface area contributed by atoms with E-state index in [2.05, 4.69) is 36.6 Å². The molecule has 0 radical (unpaired) electrons. The van der Waals surface area contributed by atoms with Crippen molar-refractivity contribution in [2.45, 2.75) is 18.9 Å². The van der Waals surface area contributed by atoms with Crippen LogP contribution in [0.25, 0.3) is 5.65 Å². The molecule has 1 aliphatic heterocycles. The second kappa shape index (κ2) is 10.2. The number of nitriles is 1. The van der Waals surface area contributed by atoms with Crippen LogP contribution in [0.1, 0.15) is 18.5 Å². The fourth-order valence-corrected chi connectivity index (χ4v) is 4.36. The fraction of sp³-hybridized carbons (Fsp3) is 0.375. The lowest BCUT2D eigenvalue weighted by Crippen LogP contribution is -2.47. The molecule has 0 amide bonds. The second-order valence-electron chi connectivity index (χ2n) is 8.93. The molecule has 3 heterocycles. The normalized spacial score (nSPS) is 15.9. The minimum absolute atomic E-state index is 0.149. The number of anilines is 5. The molecule has 186 valence electrons. The van der Waals surface area contributed by atoms with Crippen molar-refractivity contribution < 1.29 is 5.11 Å². The molecule has 0 bridgehead atoms. The van der Waals surface area contributed by atoms with E-state index in [0.717, 1.165) is 68.8 Å². The summed E-state index contributed by atoms with van der Waals surface area (Å²) in [4.78, 5) is 10.3. The number of imidazole rings is 1. The van der Waals surface area contributed by atoms with E-state index in [-0.39, 0.29) is 6.61 Å². The van der Waals surface area contributed by atoms with Crippen molar-refractivity contribution in [3.8, 4) is 6.07 Å². The first-order valence-electron chi connectivity index (χ1n) is 12.0. The molecule has 0 unspecified atom stereocenters. The maximum atomic E-state index is 9.51. The number of benzene rings is 1. The number of aliphatic hydroxyl groups excluding tert-OH is 1. The van der Waals surface area contributed by atoms with Crippen LogP contribution >= 0.6 is 0 Å².